The van der Waals surface area contributed by atoms with Crippen molar-refractivity contribution in [2.75, 3.05) is 0 Å². The summed E-state index contributed by atoms with van der Waals surface area (Å²) in [5, 5.41) is 21.8. The molecule has 1 aliphatic heterocycles. The maximum absolute atomic E-state index is 11.5. The lowest BCUT2D eigenvalue weighted by Crippen LogP contribution is -2.43. The van der Waals surface area contributed by atoms with Crippen LogP contribution in [-0.2, 0) is 6.54 Å². The van der Waals surface area contributed by atoms with Crippen molar-refractivity contribution < 1.29 is 19.8 Å². The molecule has 2 aromatic rings. The third-order valence-corrected chi connectivity index (χ3v) is 4.66. The van der Waals surface area contributed by atoms with E-state index in [0.29, 0.717) is 12.1 Å². The van der Waals surface area contributed by atoms with Gasteiger partial charge in [-0.2, -0.15) is 0 Å². The summed E-state index contributed by atoms with van der Waals surface area (Å²) < 4.78 is 0. The Kier molecular flexibility index (Phi) is 5.57. The van der Waals surface area contributed by atoms with Crippen LogP contribution < -0.4 is 0 Å². The fourth-order valence-electron chi connectivity index (χ4n) is 3.33. The first-order valence-electron chi connectivity index (χ1n) is 8.90. The van der Waals surface area contributed by atoms with Crippen LogP contribution in [0.1, 0.15) is 35.7 Å². The van der Waals surface area contributed by atoms with Crippen LogP contribution in [0.25, 0.3) is 11.1 Å². The van der Waals surface area contributed by atoms with Crippen molar-refractivity contribution in [1.82, 2.24) is 10.0 Å². The topological polar surface area (TPSA) is 81.1 Å². The molecule has 0 saturated heterocycles. The number of hydrazine groups is 1. The van der Waals surface area contributed by atoms with Crippen molar-refractivity contribution in [3.05, 3.63) is 71.9 Å². The maximum atomic E-state index is 11.5. The minimum atomic E-state index is -1.00. The number of nitrogens with zero attached hydrogens (tertiary/aromatic N) is 2. The van der Waals surface area contributed by atoms with Crippen LogP contribution in [0.3, 0.4) is 0 Å². The summed E-state index contributed by atoms with van der Waals surface area (Å²) in [6.07, 6.45) is 4.35. The summed E-state index contributed by atoms with van der Waals surface area (Å²) in [5.41, 5.74) is 2.70. The SMILES string of the molecule is CCCC1C=CN(C(=O)O)N1Cc1ccc(-c2ccccc2C(=O)O)cc1. The Morgan fingerprint density at radius 1 is 1.04 bits per heavy atom. The average Bonchev–Trinajstić information content (AvgIpc) is 3.05. The van der Waals surface area contributed by atoms with E-state index in [2.05, 4.69) is 6.92 Å². The highest BCUT2D eigenvalue weighted by Gasteiger charge is 2.29. The Labute approximate surface area is 157 Å². The predicted octanol–water partition coefficient (Wildman–Crippen LogP) is 4.44. The molecule has 3 rings (SSSR count). The first kappa shape index (κ1) is 18.7. The van der Waals surface area contributed by atoms with Gasteiger partial charge in [0.15, 0.2) is 0 Å². The normalized spacial score (nSPS) is 16.6. The zero-order valence-electron chi connectivity index (χ0n) is 15.1. The summed E-state index contributed by atoms with van der Waals surface area (Å²) in [5.74, 6) is -0.961. The molecule has 1 amide bonds. The van der Waals surface area contributed by atoms with E-state index in [1.54, 1.807) is 24.4 Å². The fraction of sp³-hybridized carbons (Fsp3) is 0.238. The van der Waals surface area contributed by atoms with E-state index in [1.807, 2.05) is 41.4 Å². The average molecular weight is 366 g/mol. The molecule has 1 heterocycles. The summed E-state index contributed by atoms with van der Waals surface area (Å²) in [4.78, 5) is 22.9. The second-order valence-corrected chi connectivity index (χ2v) is 6.47. The quantitative estimate of drug-likeness (QED) is 0.790. The summed E-state index contributed by atoms with van der Waals surface area (Å²) >= 11 is 0. The number of hydrogen-bond donors (Lipinski definition) is 2. The number of carboxylic acids is 1. The Morgan fingerprint density at radius 3 is 2.37 bits per heavy atom. The van der Waals surface area contributed by atoms with Gasteiger partial charge in [0.2, 0.25) is 0 Å². The lowest BCUT2D eigenvalue weighted by Gasteiger charge is -2.30. The minimum Gasteiger partial charge on any atom is -0.478 e. The van der Waals surface area contributed by atoms with Crippen molar-refractivity contribution in [3.8, 4) is 11.1 Å². The number of carboxylic acid groups (broad SMARTS) is 2. The van der Waals surface area contributed by atoms with Crippen molar-refractivity contribution in [1.29, 1.82) is 0 Å². The van der Waals surface area contributed by atoms with E-state index in [9.17, 15) is 19.8 Å². The van der Waals surface area contributed by atoms with Crippen LogP contribution in [0, 0.1) is 0 Å². The first-order valence-corrected chi connectivity index (χ1v) is 8.90. The minimum absolute atomic E-state index is 0.0542. The van der Waals surface area contributed by atoms with Crippen LogP contribution in [-0.4, -0.2) is 38.3 Å². The third kappa shape index (κ3) is 4.01. The molecule has 6 heteroatoms. The molecule has 0 bridgehead atoms. The van der Waals surface area contributed by atoms with Gasteiger partial charge >= 0.3 is 12.1 Å². The molecular weight excluding hydrogens is 344 g/mol. The number of amides is 1. The molecule has 27 heavy (non-hydrogen) atoms. The third-order valence-electron chi connectivity index (χ3n) is 4.66. The zero-order chi connectivity index (χ0) is 19.4. The highest BCUT2D eigenvalue weighted by Crippen LogP contribution is 2.26. The highest BCUT2D eigenvalue weighted by molar-refractivity contribution is 5.95. The standard InChI is InChI=1S/C21H22N2O4/c1-2-5-17-12-13-22(21(26)27)23(17)14-15-8-10-16(11-9-15)18-6-3-4-7-19(18)20(24)25/h3-4,6-13,17H,2,5,14H2,1H3,(H,24,25)(H,26,27). The van der Waals surface area contributed by atoms with E-state index >= 15 is 0 Å². The van der Waals surface area contributed by atoms with Crippen molar-refractivity contribution in [3.63, 3.8) is 0 Å². The molecule has 1 unspecified atom stereocenters. The van der Waals surface area contributed by atoms with E-state index in [4.69, 9.17) is 0 Å². The van der Waals surface area contributed by atoms with Gasteiger partial charge in [-0.1, -0.05) is 55.8 Å². The molecule has 140 valence electrons. The van der Waals surface area contributed by atoms with Gasteiger partial charge in [0.25, 0.3) is 0 Å². The molecule has 0 fully saturated rings. The molecule has 6 nitrogen and oxygen atoms in total. The van der Waals surface area contributed by atoms with E-state index < -0.39 is 12.1 Å². The van der Waals surface area contributed by atoms with Gasteiger partial charge < -0.3 is 10.2 Å². The van der Waals surface area contributed by atoms with Crippen LogP contribution in [0.15, 0.2) is 60.8 Å². The van der Waals surface area contributed by atoms with E-state index in [-0.39, 0.29) is 11.6 Å². The number of benzene rings is 2. The Morgan fingerprint density at radius 2 is 1.74 bits per heavy atom. The molecular formula is C21H22N2O4. The molecule has 0 radical (unpaired) electrons. The van der Waals surface area contributed by atoms with Gasteiger partial charge in [0, 0.05) is 12.7 Å². The Bertz CT molecular complexity index is 861. The highest BCUT2D eigenvalue weighted by atomic mass is 16.4. The molecule has 2 aromatic carbocycles. The molecule has 0 spiro atoms. The number of hydrogen-bond acceptors (Lipinski definition) is 3. The Balaban J connectivity index is 1.81. The number of rotatable bonds is 6. The van der Waals surface area contributed by atoms with E-state index in [1.165, 1.54) is 5.01 Å². The summed E-state index contributed by atoms with van der Waals surface area (Å²) in [7, 11) is 0. The van der Waals surface area contributed by atoms with Gasteiger partial charge in [-0.15, -0.1) is 0 Å². The van der Waals surface area contributed by atoms with Gasteiger partial charge in [0.05, 0.1) is 11.6 Å². The molecule has 2 N–H and O–H groups in total. The molecule has 1 atom stereocenters. The Hall–Kier alpha value is -3.12. The van der Waals surface area contributed by atoms with Crippen LogP contribution in [0.4, 0.5) is 4.79 Å². The monoisotopic (exact) mass is 366 g/mol. The van der Waals surface area contributed by atoms with Crippen molar-refractivity contribution in [2.45, 2.75) is 32.4 Å². The summed E-state index contributed by atoms with van der Waals surface area (Å²) in [6, 6.07) is 14.5. The number of carbonyl (C=O) groups is 2. The van der Waals surface area contributed by atoms with Crippen LogP contribution >= 0.6 is 0 Å². The van der Waals surface area contributed by atoms with Gasteiger partial charge in [-0.3, -0.25) is 0 Å². The molecule has 0 aliphatic carbocycles. The zero-order valence-corrected chi connectivity index (χ0v) is 15.1. The van der Waals surface area contributed by atoms with E-state index in [0.717, 1.165) is 24.0 Å². The van der Waals surface area contributed by atoms with Gasteiger partial charge in [0.1, 0.15) is 0 Å². The second-order valence-electron chi connectivity index (χ2n) is 6.47. The van der Waals surface area contributed by atoms with Crippen LogP contribution in [0.5, 0.6) is 0 Å². The predicted molar refractivity (Wildman–Crippen MR) is 102 cm³/mol. The van der Waals surface area contributed by atoms with Crippen LogP contribution in [0.2, 0.25) is 0 Å². The largest absolute Gasteiger partial charge is 0.478 e. The lowest BCUT2D eigenvalue weighted by molar-refractivity contribution is 0.0139. The molecule has 0 aromatic heterocycles. The van der Waals surface area contributed by atoms with Crippen molar-refractivity contribution >= 4 is 12.1 Å². The smallest absolute Gasteiger partial charge is 0.426 e. The summed E-state index contributed by atoms with van der Waals surface area (Å²) in [6.45, 7) is 2.54. The first-order chi connectivity index (χ1) is 13.0. The second kappa shape index (κ2) is 8.05. The lowest BCUT2D eigenvalue weighted by atomic mass is 9.98. The number of aromatic carboxylic acids is 1. The fourth-order valence-corrected chi connectivity index (χ4v) is 3.33. The molecule has 1 aliphatic rings. The van der Waals surface area contributed by atoms with Gasteiger partial charge in [-0.05, 0) is 35.3 Å². The van der Waals surface area contributed by atoms with Gasteiger partial charge in [-0.25, -0.2) is 19.6 Å². The van der Waals surface area contributed by atoms with Crippen molar-refractivity contribution in [2.24, 2.45) is 0 Å². The maximum Gasteiger partial charge on any atom is 0.426 e. The molecule has 0 saturated carbocycles.